The number of nitrogens with two attached hydrogens (primary N) is 1. The maximum absolute atomic E-state index is 5.95. The molecule has 0 unspecified atom stereocenters. The Labute approximate surface area is 115 Å². The van der Waals surface area contributed by atoms with Crippen molar-refractivity contribution in [2.75, 3.05) is 11.2 Å². The van der Waals surface area contributed by atoms with Crippen LogP contribution in [0.1, 0.15) is 18.1 Å². The molecule has 0 spiro atoms. The van der Waals surface area contributed by atoms with Crippen LogP contribution in [-0.2, 0) is 6.42 Å². The number of anilines is 2. The fraction of sp³-hybridized carbons (Fsp3) is 0.167. The normalized spacial score (nSPS) is 11.0. The van der Waals surface area contributed by atoms with Gasteiger partial charge in [0.2, 0.25) is 5.13 Å². The van der Waals surface area contributed by atoms with Crippen LogP contribution in [0, 0.1) is 0 Å². The summed E-state index contributed by atoms with van der Waals surface area (Å²) in [6.07, 6.45) is 2.67. The van der Waals surface area contributed by atoms with Gasteiger partial charge in [-0.3, -0.25) is 5.43 Å². The summed E-state index contributed by atoms with van der Waals surface area (Å²) in [6, 6.07) is 5.75. The number of hydrogen-bond donors (Lipinski definition) is 2. The molecular formula is C12H13ClN4S. The van der Waals surface area contributed by atoms with Gasteiger partial charge in [-0.05, 0) is 29.7 Å². The molecule has 2 rings (SSSR count). The number of nitrogens with one attached hydrogen (secondary N) is 1. The van der Waals surface area contributed by atoms with Gasteiger partial charge in [0.15, 0.2) is 0 Å². The van der Waals surface area contributed by atoms with Crippen LogP contribution in [-0.4, -0.2) is 11.2 Å². The van der Waals surface area contributed by atoms with Crippen LogP contribution in [0.3, 0.4) is 0 Å². The zero-order chi connectivity index (χ0) is 13.0. The topological polar surface area (TPSA) is 63.3 Å². The highest BCUT2D eigenvalue weighted by Crippen LogP contribution is 2.17. The highest BCUT2D eigenvalue weighted by Gasteiger charge is 2.00. The summed E-state index contributed by atoms with van der Waals surface area (Å²) in [5.74, 6) is 0.499. The van der Waals surface area contributed by atoms with E-state index < -0.39 is 0 Å². The molecule has 0 atom stereocenters. The SMILES string of the molecule is CCc1cc(Cl)ccc1C=NNc1nc(N)cs1. The first kappa shape index (κ1) is 12.9. The van der Waals surface area contributed by atoms with E-state index in [2.05, 4.69) is 22.4 Å². The number of hydrazone groups is 1. The van der Waals surface area contributed by atoms with E-state index >= 15 is 0 Å². The summed E-state index contributed by atoms with van der Waals surface area (Å²) in [4.78, 5) is 4.05. The highest BCUT2D eigenvalue weighted by molar-refractivity contribution is 7.14. The van der Waals surface area contributed by atoms with Gasteiger partial charge in [-0.1, -0.05) is 24.6 Å². The van der Waals surface area contributed by atoms with Gasteiger partial charge in [-0.25, -0.2) is 4.98 Å². The Hall–Kier alpha value is -1.59. The molecular weight excluding hydrogens is 268 g/mol. The van der Waals surface area contributed by atoms with E-state index in [0.717, 1.165) is 22.6 Å². The zero-order valence-corrected chi connectivity index (χ0v) is 11.4. The third-order valence-electron chi connectivity index (χ3n) is 2.37. The lowest BCUT2D eigenvalue weighted by Crippen LogP contribution is -1.94. The third-order valence-corrected chi connectivity index (χ3v) is 3.37. The molecule has 1 heterocycles. The molecule has 0 saturated heterocycles. The second kappa shape index (κ2) is 5.84. The van der Waals surface area contributed by atoms with E-state index in [0.29, 0.717) is 10.9 Å². The molecule has 0 amide bonds. The average Bonchev–Trinajstić information content (AvgIpc) is 2.77. The number of benzene rings is 1. The minimum atomic E-state index is 0.499. The lowest BCUT2D eigenvalue weighted by Gasteiger charge is -2.03. The van der Waals surface area contributed by atoms with Gasteiger partial charge in [0, 0.05) is 10.4 Å². The molecule has 18 heavy (non-hydrogen) atoms. The molecule has 0 fully saturated rings. The summed E-state index contributed by atoms with van der Waals surface area (Å²) in [7, 11) is 0. The Balaban J connectivity index is 2.09. The summed E-state index contributed by atoms with van der Waals surface area (Å²) in [5, 5.41) is 7.32. The van der Waals surface area contributed by atoms with Gasteiger partial charge in [0.25, 0.3) is 0 Å². The smallest absolute Gasteiger partial charge is 0.205 e. The van der Waals surface area contributed by atoms with E-state index in [1.54, 1.807) is 11.6 Å². The van der Waals surface area contributed by atoms with Crippen LogP contribution in [0.5, 0.6) is 0 Å². The van der Waals surface area contributed by atoms with Crippen LogP contribution in [0.4, 0.5) is 10.9 Å². The van der Waals surface area contributed by atoms with Gasteiger partial charge in [0.05, 0.1) is 6.21 Å². The van der Waals surface area contributed by atoms with Crippen molar-refractivity contribution in [3.63, 3.8) is 0 Å². The fourth-order valence-electron chi connectivity index (χ4n) is 1.50. The number of rotatable bonds is 4. The van der Waals surface area contributed by atoms with Crippen molar-refractivity contribution in [3.05, 3.63) is 39.7 Å². The third kappa shape index (κ3) is 3.21. The Bertz CT molecular complexity index is 565. The van der Waals surface area contributed by atoms with Crippen LogP contribution >= 0.6 is 22.9 Å². The van der Waals surface area contributed by atoms with Gasteiger partial charge in [-0.2, -0.15) is 5.10 Å². The Kier molecular flexibility index (Phi) is 4.17. The maximum atomic E-state index is 5.95. The first-order valence-corrected chi connectivity index (χ1v) is 6.73. The van der Waals surface area contributed by atoms with Crippen LogP contribution in [0.15, 0.2) is 28.7 Å². The molecule has 94 valence electrons. The summed E-state index contributed by atoms with van der Waals surface area (Å²) in [5.41, 5.74) is 10.6. The van der Waals surface area contributed by atoms with E-state index in [-0.39, 0.29) is 0 Å². The van der Waals surface area contributed by atoms with E-state index in [1.165, 1.54) is 11.3 Å². The number of halogens is 1. The van der Waals surface area contributed by atoms with Crippen molar-refractivity contribution in [1.82, 2.24) is 4.98 Å². The van der Waals surface area contributed by atoms with E-state index in [9.17, 15) is 0 Å². The number of nitrogens with zero attached hydrogens (tertiary/aromatic N) is 2. The molecule has 0 radical (unpaired) electrons. The summed E-state index contributed by atoms with van der Waals surface area (Å²) >= 11 is 7.36. The maximum Gasteiger partial charge on any atom is 0.205 e. The van der Waals surface area contributed by atoms with Gasteiger partial charge < -0.3 is 5.73 Å². The molecule has 1 aromatic heterocycles. The predicted molar refractivity (Wildman–Crippen MR) is 78.6 cm³/mol. The van der Waals surface area contributed by atoms with Gasteiger partial charge in [-0.15, -0.1) is 11.3 Å². The van der Waals surface area contributed by atoms with Crippen LogP contribution < -0.4 is 11.2 Å². The Morgan fingerprint density at radius 2 is 2.39 bits per heavy atom. The van der Waals surface area contributed by atoms with Crippen molar-refractivity contribution in [3.8, 4) is 0 Å². The Morgan fingerprint density at radius 3 is 3.06 bits per heavy atom. The number of nitrogen functional groups attached to an aromatic ring is 1. The lowest BCUT2D eigenvalue weighted by molar-refractivity contribution is 1.13. The summed E-state index contributed by atoms with van der Waals surface area (Å²) in [6.45, 7) is 2.08. The molecule has 0 saturated carbocycles. The largest absolute Gasteiger partial charge is 0.383 e. The van der Waals surface area contributed by atoms with E-state index in [4.69, 9.17) is 17.3 Å². The van der Waals surface area contributed by atoms with Crippen molar-refractivity contribution >= 4 is 40.1 Å². The highest BCUT2D eigenvalue weighted by atomic mass is 35.5. The van der Waals surface area contributed by atoms with Crippen molar-refractivity contribution in [2.24, 2.45) is 5.10 Å². The standard InChI is InChI=1S/C12H13ClN4S/c1-2-8-5-10(13)4-3-9(8)6-15-17-12-16-11(14)7-18-12/h3-7H,2,14H2,1H3,(H,16,17). The summed E-state index contributed by atoms with van der Waals surface area (Å²) < 4.78 is 0. The molecule has 3 N–H and O–H groups in total. The van der Waals surface area contributed by atoms with E-state index in [1.807, 2.05) is 18.2 Å². The quantitative estimate of drug-likeness (QED) is 0.666. The Morgan fingerprint density at radius 1 is 1.56 bits per heavy atom. The molecule has 2 aromatic rings. The van der Waals surface area contributed by atoms with Crippen molar-refractivity contribution < 1.29 is 0 Å². The minimum absolute atomic E-state index is 0.499. The monoisotopic (exact) mass is 280 g/mol. The second-order valence-corrected chi connectivity index (χ2v) is 4.94. The first-order chi connectivity index (χ1) is 8.69. The van der Waals surface area contributed by atoms with Crippen LogP contribution in [0.25, 0.3) is 0 Å². The predicted octanol–water partition coefficient (Wildman–Crippen LogP) is 3.39. The number of aryl methyl sites for hydroxylation is 1. The number of aromatic nitrogens is 1. The van der Waals surface area contributed by atoms with Gasteiger partial charge >= 0.3 is 0 Å². The molecule has 1 aromatic carbocycles. The lowest BCUT2D eigenvalue weighted by atomic mass is 10.1. The van der Waals surface area contributed by atoms with Crippen LogP contribution in [0.2, 0.25) is 5.02 Å². The molecule has 4 nitrogen and oxygen atoms in total. The molecule has 0 aliphatic rings. The first-order valence-electron chi connectivity index (χ1n) is 5.47. The van der Waals surface area contributed by atoms with Crippen molar-refractivity contribution in [1.29, 1.82) is 0 Å². The minimum Gasteiger partial charge on any atom is -0.383 e. The average molecular weight is 281 g/mol. The second-order valence-electron chi connectivity index (χ2n) is 3.64. The molecule has 6 heteroatoms. The van der Waals surface area contributed by atoms with Gasteiger partial charge in [0.1, 0.15) is 5.82 Å². The van der Waals surface area contributed by atoms with Crippen molar-refractivity contribution in [2.45, 2.75) is 13.3 Å². The number of hydrogen-bond acceptors (Lipinski definition) is 5. The fourth-order valence-corrected chi connectivity index (χ4v) is 2.24. The number of thiazole rings is 1. The molecule has 0 aliphatic carbocycles. The molecule has 0 bridgehead atoms. The molecule has 0 aliphatic heterocycles. The zero-order valence-electron chi connectivity index (χ0n) is 9.85.